The second-order valence-electron chi connectivity index (χ2n) is 5.87. The third-order valence-electron chi connectivity index (χ3n) is 3.91. The Hall–Kier alpha value is -2.48. The molecular formula is C20H18Cl2N4O2S. The summed E-state index contributed by atoms with van der Waals surface area (Å²) in [5.41, 5.74) is 1.28. The molecule has 3 aromatic rings. The highest BCUT2D eigenvalue weighted by molar-refractivity contribution is 7.99. The maximum atomic E-state index is 12.3. The fourth-order valence-corrected chi connectivity index (χ4v) is 3.73. The van der Waals surface area contributed by atoms with Crippen molar-refractivity contribution in [1.29, 1.82) is 0 Å². The Morgan fingerprint density at radius 2 is 2.07 bits per heavy atom. The number of hydrogen-bond acceptors (Lipinski definition) is 5. The highest BCUT2D eigenvalue weighted by atomic mass is 35.5. The molecule has 0 aliphatic carbocycles. The molecule has 0 aliphatic heterocycles. The van der Waals surface area contributed by atoms with Crippen molar-refractivity contribution in [1.82, 2.24) is 14.8 Å². The van der Waals surface area contributed by atoms with E-state index in [1.807, 2.05) is 4.57 Å². The smallest absolute Gasteiger partial charge is 0.234 e. The number of ether oxygens (including phenoxy) is 1. The van der Waals surface area contributed by atoms with E-state index in [9.17, 15) is 4.79 Å². The number of benzene rings is 2. The van der Waals surface area contributed by atoms with Crippen LogP contribution >= 0.6 is 35.0 Å². The first-order valence-electron chi connectivity index (χ1n) is 8.58. The summed E-state index contributed by atoms with van der Waals surface area (Å²) in [5.74, 6) is 1.16. The minimum Gasteiger partial charge on any atom is -0.496 e. The average Bonchev–Trinajstić information content (AvgIpc) is 3.11. The van der Waals surface area contributed by atoms with Gasteiger partial charge in [0.05, 0.1) is 29.1 Å². The Labute approximate surface area is 182 Å². The third kappa shape index (κ3) is 5.12. The molecule has 2 aromatic carbocycles. The minimum absolute atomic E-state index is 0.146. The van der Waals surface area contributed by atoms with Gasteiger partial charge in [-0.15, -0.1) is 16.8 Å². The van der Waals surface area contributed by atoms with E-state index in [1.165, 1.54) is 11.8 Å². The van der Waals surface area contributed by atoms with Crippen molar-refractivity contribution < 1.29 is 9.53 Å². The van der Waals surface area contributed by atoms with E-state index < -0.39 is 0 Å². The number of thioether (sulfide) groups is 1. The lowest BCUT2D eigenvalue weighted by molar-refractivity contribution is -0.113. The molecule has 3 rings (SSSR count). The number of methoxy groups -OCH3 is 1. The summed E-state index contributed by atoms with van der Waals surface area (Å²) in [7, 11) is 1.58. The molecule has 0 radical (unpaired) electrons. The molecule has 6 nitrogen and oxygen atoms in total. The average molecular weight is 449 g/mol. The van der Waals surface area contributed by atoms with Crippen LogP contribution in [-0.2, 0) is 11.3 Å². The van der Waals surface area contributed by atoms with Crippen LogP contribution in [0.3, 0.4) is 0 Å². The highest BCUT2D eigenvalue weighted by Gasteiger charge is 2.18. The molecule has 0 fully saturated rings. The van der Waals surface area contributed by atoms with Gasteiger partial charge in [0, 0.05) is 11.6 Å². The molecule has 0 saturated heterocycles. The number of nitrogens with zero attached hydrogens (tertiary/aromatic N) is 3. The zero-order chi connectivity index (χ0) is 20.8. The molecule has 0 saturated carbocycles. The van der Waals surface area contributed by atoms with E-state index in [2.05, 4.69) is 22.1 Å². The summed E-state index contributed by atoms with van der Waals surface area (Å²) in [6, 6.07) is 12.4. The van der Waals surface area contributed by atoms with Gasteiger partial charge in [0.2, 0.25) is 5.91 Å². The number of halogens is 2. The molecule has 1 heterocycles. The number of rotatable bonds is 8. The van der Waals surface area contributed by atoms with Crippen LogP contribution in [0.2, 0.25) is 10.0 Å². The lowest BCUT2D eigenvalue weighted by Gasteiger charge is -2.11. The first kappa shape index (κ1) is 21.2. The van der Waals surface area contributed by atoms with Crippen LogP contribution in [0.4, 0.5) is 5.69 Å². The number of carbonyl (C=O) groups is 1. The van der Waals surface area contributed by atoms with Crippen LogP contribution in [0.1, 0.15) is 0 Å². The van der Waals surface area contributed by atoms with Crippen LogP contribution in [0.5, 0.6) is 5.75 Å². The molecule has 0 spiro atoms. The van der Waals surface area contributed by atoms with Gasteiger partial charge < -0.3 is 10.1 Å². The van der Waals surface area contributed by atoms with Gasteiger partial charge in [-0.05, 0) is 30.3 Å². The van der Waals surface area contributed by atoms with Crippen LogP contribution in [0.15, 0.2) is 60.3 Å². The molecule has 1 aromatic heterocycles. The quantitative estimate of drug-likeness (QED) is 0.379. The van der Waals surface area contributed by atoms with Crippen LogP contribution in [-0.4, -0.2) is 33.5 Å². The molecule has 9 heteroatoms. The zero-order valence-electron chi connectivity index (χ0n) is 15.6. The predicted octanol–water partition coefficient (Wildman–Crippen LogP) is 5.18. The molecule has 0 bridgehead atoms. The Morgan fingerprint density at radius 3 is 2.79 bits per heavy atom. The Balaban J connectivity index is 1.80. The van der Waals surface area contributed by atoms with Gasteiger partial charge in [0.1, 0.15) is 5.75 Å². The number of para-hydroxylation sites is 1. The first-order chi connectivity index (χ1) is 14.0. The second kappa shape index (κ2) is 9.82. The third-order valence-corrected chi connectivity index (χ3v) is 5.44. The van der Waals surface area contributed by atoms with Gasteiger partial charge in [-0.25, -0.2) is 0 Å². The van der Waals surface area contributed by atoms with E-state index in [4.69, 9.17) is 27.9 Å². The van der Waals surface area contributed by atoms with E-state index in [0.29, 0.717) is 44.6 Å². The van der Waals surface area contributed by atoms with Gasteiger partial charge in [-0.3, -0.25) is 9.36 Å². The van der Waals surface area contributed by atoms with Gasteiger partial charge >= 0.3 is 0 Å². The topological polar surface area (TPSA) is 69.0 Å². The van der Waals surface area contributed by atoms with Crippen LogP contribution in [0.25, 0.3) is 11.4 Å². The number of allylic oxidation sites excluding steroid dienone is 1. The summed E-state index contributed by atoms with van der Waals surface area (Å²) in [6.45, 7) is 4.26. The molecular weight excluding hydrogens is 431 g/mol. The summed E-state index contributed by atoms with van der Waals surface area (Å²) >= 11 is 13.5. The molecule has 1 amide bonds. The molecule has 150 valence electrons. The van der Waals surface area contributed by atoms with Gasteiger partial charge in [-0.2, -0.15) is 0 Å². The normalized spacial score (nSPS) is 10.6. The first-order valence-corrected chi connectivity index (χ1v) is 10.3. The second-order valence-corrected chi connectivity index (χ2v) is 7.65. The number of amides is 1. The molecule has 1 N–H and O–H groups in total. The zero-order valence-corrected chi connectivity index (χ0v) is 17.9. The number of aromatic nitrogens is 3. The van der Waals surface area contributed by atoms with Crippen LogP contribution in [0, 0.1) is 0 Å². The Morgan fingerprint density at radius 1 is 1.28 bits per heavy atom. The largest absolute Gasteiger partial charge is 0.496 e. The minimum atomic E-state index is -0.196. The SMILES string of the molecule is C=CCn1c(SCC(=O)Nc2ccccc2Cl)nnc1-c1cc(Cl)ccc1OC. The van der Waals surface area contributed by atoms with Crippen molar-refractivity contribution in [2.75, 3.05) is 18.2 Å². The van der Waals surface area contributed by atoms with E-state index >= 15 is 0 Å². The van der Waals surface area contributed by atoms with Gasteiger partial charge in [0.15, 0.2) is 11.0 Å². The number of carbonyl (C=O) groups excluding carboxylic acids is 1. The number of nitrogens with one attached hydrogen (secondary N) is 1. The lowest BCUT2D eigenvalue weighted by atomic mass is 10.2. The van der Waals surface area contributed by atoms with Crippen molar-refractivity contribution in [3.05, 3.63) is 65.2 Å². The Bertz CT molecular complexity index is 1040. The van der Waals surface area contributed by atoms with Crippen molar-refractivity contribution in [2.45, 2.75) is 11.7 Å². The number of anilines is 1. The van der Waals surface area contributed by atoms with Gasteiger partial charge in [-0.1, -0.05) is 53.2 Å². The van der Waals surface area contributed by atoms with E-state index in [0.717, 1.165) is 0 Å². The number of hydrogen-bond donors (Lipinski definition) is 1. The molecule has 0 unspecified atom stereocenters. The highest BCUT2D eigenvalue weighted by Crippen LogP contribution is 2.33. The Kier molecular flexibility index (Phi) is 7.19. The molecule has 29 heavy (non-hydrogen) atoms. The molecule has 0 aliphatic rings. The maximum Gasteiger partial charge on any atom is 0.234 e. The van der Waals surface area contributed by atoms with Crippen molar-refractivity contribution >= 4 is 46.6 Å². The summed E-state index contributed by atoms with van der Waals surface area (Å²) in [6.07, 6.45) is 1.73. The standard InChI is InChI=1S/C20H18Cl2N4O2S/c1-3-10-26-19(14-11-13(21)8-9-17(14)28-2)24-25-20(26)29-12-18(27)23-16-7-5-4-6-15(16)22/h3-9,11H,1,10,12H2,2H3,(H,23,27). The maximum absolute atomic E-state index is 12.3. The summed E-state index contributed by atoms with van der Waals surface area (Å²) < 4.78 is 7.28. The van der Waals surface area contributed by atoms with E-state index in [1.54, 1.807) is 55.7 Å². The predicted molar refractivity (Wildman–Crippen MR) is 118 cm³/mol. The van der Waals surface area contributed by atoms with Crippen molar-refractivity contribution in [3.63, 3.8) is 0 Å². The fourth-order valence-electron chi connectivity index (χ4n) is 2.62. The van der Waals surface area contributed by atoms with E-state index in [-0.39, 0.29) is 11.7 Å². The van der Waals surface area contributed by atoms with Crippen LogP contribution < -0.4 is 10.1 Å². The van der Waals surface area contributed by atoms with Crippen molar-refractivity contribution in [3.8, 4) is 17.1 Å². The van der Waals surface area contributed by atoms with Gasteiger partial charge in [0.25, 0.3) is 0 Å². The monoisotopic (exact) mass is 448 g/mol. The van der Waals surface area contributed by atoms with Crippen molar-refractivity contribution in [2.24, 2.45) is 0 Å². The lowest BCUT2D eigenvalue weighted by Crippen LogP contribution is -2.15. The molecule has 0 atom stereocenters. The summed E-state index contributed by atoms with van der Waals surface area (Å²) in [5, 5.41) is 12.9. The summed E-state index contributed by atoms with van der Waals surface area (Å²) in [4.78, 5) is 12.3. The fraction of sp³-hybridized carbons (Fsp3) is 0.150.